The number of phosphoric acid groups is 2. The molecule has 0 saturated carbocycles. The fourth-order valence-electron chi connectivity index (χ4n) is 3.45. The smallest absolute Gasteiger partial charge is 0.493 e. The second-order valence-electron chi connectivity index (χ2n) is 8.87. The Hall–Kier alpha value is -5.28. The number of primary amides is 2. The van der Waals surface area contributed by atoms with E-state index >= 15 is 0 Å². The molecule has 19 heteroatoms. The van der Waals surface area contributed by atoms with Crippen molar-refractivity contribution in [2.24, 2.45) is 11.5 Å². The van der Waals surface area contributed by atoms with Gasteiger partial charge in [-0.2, -0.15) is 0 Å². The monoisotopic (exact) mass is 706 g/mol. The Balaban J connectivity index is 0.000000357. The van der Waals surface area contributed by atoms with Gasteiger partial charge in [-0.15, -0.1) is 0 Å². The van der Waals surface area contributed by atoms with Gasteiger partial charge in [0.2, 0.25) is 17.6 Å². The van der Waals surface area contributed by atoms with Crippen molar-refractivity contribution in [3.8, 4) is 28.7 Å². The summed E-state index contributed by atoms with van der Waals surface area (Å²) in [5.41, 5.74) is 11.7. The van der Waals surface area contributed by atoms with Crippen LogP contribution in [0, 0.1) is 0 Å². The zero-order valence-corrected chi connectivity index (χ0v) is 27.4. The number of phosphoric ester groups is 2. The highest BCUT2D eigenvalue weighted by molar-refractivity contribution is 7.47. The number of benzene rings is 2. The minimum absolute atomic E-state index is 0.000229. The largest absolute Gasteiger partial charge is 0.524 e. The quantitative estimate of drug-likeness (QED) is 0.0965. The molecule has 17 nitrogen and oxygen atoms in total. The van der Waals surface area contributed by atoms with Gasteiger partial charge in [0.15, 0.2) is 23.0 Å². The van der Waals surface area contributed by atoms with Crippen LogP contribution in [0.3, 0.4) is 0 Å². The molecule has 0 atom stereocenters. The van der Waals surface area contributed by atoms with Crippen LogP contribution in [0.5, 0.6) is 28.7 Å². The van der Waals surface area contributed by atoms with Gasteiger partial charge < -0.3 is 34.7 Å². The van der Waals surface area contributed by atoms with Crippen LogP contribution < -0.4 is 34.7 Å². The van der Waals surface area contributed by atoms with E-state index in [1.807, 2.05) is 0 Å². The van der Waals surface area contributed by atoms with E-state index in [1.54, 1.807) is 60.9 Å². The molecule has 4 aromatic rings. The highest BCUT2D eigenvalue weighted by Crippen LogP contribution is 2.47. The zero-order valence-electron chi connectivity index (χ0n) is 25.6. The molecule has 2 heterocycles. The number of carbonyl (C=O) groups is 2. The number of aromatic nitrogens is 2. The molecule has 256 valence electrons. The fourth-order valence-corrected chi connectivity index (χ4v) is 4.24. The van der Waals surface area contributed by atoms with E-state index in [4.69, 9.17) is 45.3 Å². The number of nitrogens with zero attached hydrogens (tertiary/aromatic N) is 2. The molecule has 0 fully saturated rings. The van der Waals surface area contributed by atoms with Crippen LogP contribution in [0.2, 0.25) is 0 Å². The molecule has 2 aromatic carbocycles. The summed E-state index contributed by atoms with van der Waals surface area (Å²) in [6, 6.07) is 13.9. The maximum Gasteiger partial charge on any atom is 0.524 e. The summed E-state index contributed by atoms with van der Waals surface area (Å²) in [4.78, 5) is 64.5. The van der Waals surface area contributed by atoms with Crippen molar-refractivity contribution in [2.75, 3.05) is 21.3 Å². The van der Waals surface area contributed by atoms with E-state index in [9.17, 15) is 18.7 Å². The van der Waals surface area contributed by atoms with Crippen LogP contribution in [0.15, 0.2) is 79.4 Å². The van der Waals surface area contributed by atoms with E-state index < -0.39 is 27.5 Å². The minimum Gasteiger partial charge on any atom is -0.493 e. The Morgan fingerprint density at radius 2 is 1.10 bits per heavy atom. The Morgan fingerprint density at radius 1 is 0.646 bits per heavy atom. The molecule has 0 aliphatic rings. The second kappa shape index (κ2) is 18.2. The highest BCUT2D eigenvalue weighted by atomic mass is 31.2. The number of nitrogens with two attached hydrogens (primary N) is 2. The lowest BCUT2D eigenvalue weighted by atomic mass is 10.1. The Bertz CT molecular complexity index is 1750. The van der Waals surface area contributed by atoms with Gasteiger partial charge in [-0.05, 0) is 59.7 Å². The van der Waals surface area contributed by atoms with E-state index in [2.05, 4.69) is 19.0 Å². The topological polar surface area (TPSA) is 273 Å². The lowest BCUT2D eigenvalue weighted by Crippen LogP contribution is -2.10. The summed E-state index contributed by atoms with van der Waals surface area (Å²) in [5, 5.41) is 0. The maximum absolute atomic E-state index is 11.2. The van der Waals surface area contributed by atoms with Gasteiger partial charge in [-0.1, -0.05) is 18.2 Å². The molecule has 48 heavy (non-hydrogen) atoms. The molecule has 0 unspecified atom stereocenters. The number of carbonyl (C=O) groups excluding carboxylic acids is 2. The Morgan fingerprint density at radius 3 is 1.50 bits per heavy atom. The van der Waals surface area contributed by atoms with Crippen molar-refractivity contribution in [1.29, 1.82) is 0 Å². The first-order valence-electron chi connectivity index (χ1n) is 13.1. The maximum atomic E-state index is 11.2. The second-order valence-corrected chi connectivity index (χ2v) is 11.2. The van der Waals surface area contributed by atoms with Crippen molar-refractivity contribution in [3.63, 3.8) is 0 Å². The Kier molecular flexibility index (Phi) is 14.7. The van der Waals surface area contributed by atoms with Gasteiger partial charge in [0.25, 0.3) is 0 Å². The first-order valence-corrected chi connectivity index (χ1v) is 16.1. The SMILES string of the molecule is COc1ccc(/C=C\c2cc(OC)c(OC)c(OP(=O)(O)O)c2)cc1OP(=O)(O)O.NC(=O)c1cccnc1.NC(=O)c1cccnc1. The number of methoxy groups -OCH3 is 3. The van der Waals surface area contributed by atoms with Gasteiger partial charge in [-0.25, -0.2) is 9.13 Å². The normalized spacial score (nSPS) is 10.8. The molecule has 2 aromatic heterocycles. The molecule has 0 radical (unpaired) electrons. The predicted molar refractivity (Wildman–Crippen MR) is 172 cm³/mol. The van der Waals surface area contributed by atoms with Crippen LogP contribution in [0.4, 0.5) is 0 Å². The molecule has 0 spiro atoms. The number of pyridine rings is 2. The number of hydrogen-bond acceptors (Lipinski definition) is 11. The summed E-state index contributed by atoms with van der Waals surface area (Å²) in [6.45, 7) is 0. The van der Waals surface area contributed by atoms with Crippen molar-refractivity contribution in [2.45, 2.75) is 0 Å². The number of rotatable bonds is 11. The molecule has 8 N–H and O–H groups in total. The van der Waals surface area contributed by atoms with Crippen LogP contribution in [0.1, 0.15) is 31.8 Å². The molecule has 0 bridgehead atoms. The highest BCUT2D eigenvalue weighted by Gasteiger charge is 2.22. The van der Waals surface area contributed by atoms with Crippen molar-refractivity contribution in [3.05, 3.63) is 102 Å². The van der Waals surface area contributed by atoms with Crippen LogP contribution in [0.25, 0.3) is 12.2 Å². The average Bonchev–Trinajstić information content (AvgIpc) is 3.03. The van der Waals surface area contributed by atoms with E-state index in [1.165, 1.54) is 51.9 Å². The van der Waals surface area contributed by atoms with Gasteiger partial charge in [-0.3, -0.25) is 39.1 Å². The van der Waals surface area contributed by atoms with Crippen LogP contribution in [-0.2, 0) is 9.13 Å². The number of amides is 2. The van der Waals surface area contributed by atoms with Crippen molar-refractivity contribution < 1.29 is 61.6 Å². The third kappa shape index (κ3) is 13.6. The van der Waals surface area contributed by atoms with Gasteiger partial charge in [0, 0.05) is 24.8 Å². The van der Waals surface area contributed by atoms with Gasteiger partial charge in [0.05, 0.1) is 32.5 Å². The summed E-state index contributed by atoms with van der Waals surface area (Å²) in [5.74, 6) is -0.982. The number of hydrogen-bond donors (Lipinski definition) is 6. The summed E-state index contributed by atoms with van der Waals surface area (Å²) >= 11 is 0. The van der Waals surface area contributed by atoms with Crippen LogP contribution in [-0.4, -0.2) is 62.7 Å². The lowest BCUT2D eigenvalue weighted by Gasteiger charge is -2.15. The standard InChI is InChI=1S/C17H20O11P2.2C6H6N2O/c1-24-13-7-6-11(8-14(13)27-29(18,19)20)4-5-12-9-15(25-2)17(26-3)16(10-12)28-30(21,22)23;2*7-6(9)5-2-1-3-8-4-5/h4-10H,1-3H3,(H2,18,19,20)(H2,21,22,23);2*1-4H,(H2,7,9)/b5-4-;;. The predicted octanol–water partition coefficient (Wildman–Crippen LogP) is 3.19. The first-order chi connectivity index (χ1) is 22.6. The fraction of sp³-hybridized carbons (Fsp3) is 0.103. The van der Waals surface area contributed by atoms with Gasteiger partial charge in [0.1, 0.15) is 0 Å². The molecule has 4 rings (SSSR count). The van der Waals surface area contributed by atoms with Crippen LogP contribution >= 0.6 is 15.6 Å². The number of ether oxygens (including phenoxy) is 3. The molecule has 0 saturated heterocycles. The lowest BCUT2D eigenvalue weighted by molar-refractivity contribution is 0.0991. The van der Waals surface area contributed by atoms with Gasteiger partial charge >= 0.3 is 15.6 Å². The van der Waals surface area contributed by atoms with E-state index in [0.717, 1.165) is 0 Å². The average molecular weight is 707 g/mol. The Labute approximate surface area is 274 Å². The summed E-state index contributed by atoms with van der Waals surface area (Å²) in [6.07, 6.45) is 9.16. The third-order valence-corrected chi connectivity index (χ3v) is 6.32. The van der Waals surface area contributed by atoms with E-state index in [-0.39, 0.29) is 28.7 Å². The first kappa shape index (κ1) is 38.9. The molecule has 0 aliphatic carbocycles. The third-order valence-electron chi connectivity index (χ3n) is 5.45. The zero-order chi connectivity index (χ0) is 35.9. The molecular weight excluding hydrogens is 674 g/mol. The van der Waals surface area contributed by atoms with E-state index in [0.29, 0.717) is 22.3 Å². The summed E-state index contributed by atoms with van der Waals surface area (Å²) < 4.78 is 47.0. The molecular formula is C29H32N4O13P2. The molecule has 0 aliphatic heterocycles. The van der Waals surface area contributed by atoms with Crippen molar-refractivity contribution >= 4 is 39.6 Å². The summed E-state index contributed by atoms with van der Waals surface area (Å²) in [7, 11) is -5.69. The minimum atomic E-state index is -4.85. The molecule has 2 amide bonds. The van der Waals surface area contributed by atoms with Crippen molar-refractivity contribution in [1.82, 2.24) is 9.97 Å².